The quantitative estimate of drug-likeness (QED) is 0.895. The lowest BCUT2D eigenvalue weighted by Gasteiger charge is -2.13. The fourth-order valence-corrected chi connectivity index (χ4v) is 2.10. The summed E-state index contributed by atoms with van der Waals surface area (Å²) in [6.07, 6.45) is 0. The zero-order valence-corrected chi connectivity index (χ0v) is 12.3. The molecule has 2 aromatic rings. The van der Waals surface area contributed by atoms with E-state index in [0.717, 1.165) is 10.0 Å². The maximum Gasteiger partial charge on any atom is 0.245 e. The van der Waals surface area contributed by atoms with Crippen molar-refractivity contribution in [3.63, 3.8) is 0 Å². The van der Waals surface area contributed by atoms with Crippen LogP contribution in [0.25, 0.3) is 0 Å². The SMILES string of the molecule is N[C@H](C(=O)Nc1ccc(Cl)c(Br)c1)c1ccccc1. The van der Waals surface area contributed by atoms with Gasteiger partial charge in [0.05, 0.1) is 5.02 Å². The Morgan fingerprint density at radius 3 is 2.53 bits per heavy atom. The smallest absolute Gasteiger partial charge is 0.245 e. The summed E-state index contributed by atoms with van der Waals surface area (Å²) >= 11 is 9.19. The predicted octanol–water partition coefficient (Wildman–Crippen LogP) is 3.74. The third-order valence-corrected chi connectivity index (χ3v) is 3.84. The van der Waals surface area contributed by atoms with E-state index >= 15 is 0 Å². The van der Waals surface area contributed by atoms with Gasteiger partial charge in [-0.15, -0.1) is 0 Å². The van der Waals surface area contributed by atoms with Gasteiger partial charge in [-0.05, 0) is 39.7 Å². The average Bonchev–Trinajstić information content (AvgIpc) is 2.43. The summed E-state index contributed by atoms with van der Waals surface area (Å²) in [7, 11) is 0. The first-order valence-electron chi connectivity index (χ1n) is 5.64. The highest BCUT2D eigenvalue weighted by molar-refractivity contribution is 9.10. The number of rotatable bonds is 3. The van der Waals surface area contributed by atoms with E-state index in [1.165, 1.54) is 0 Å². The predicted molar refractivity (Wildman–Crippen MR) is 81.2 cm³/mol. The van der Waals surface area contributed by atoms with Crippen LogP contribution in [0.2, 0.25) is 5.02 Å². The van der Waals surface area contributed by atoms with Gasteiger partial charge in [-0.25, -0.2) is 0 Å². The standard InChI is InChI=1S/C14H12BrClN2O/c15-11-8-10(6-7-12(11)16)18-14(19)13(17)9-4-2-1-3-5-9/h1-8,13H,17H2,(H,18,19)/t13-/m0/s1. The lowest BCUT2D eigenvalue weighted by atomic mass is 10.1. The highest BCUT2D eigenvalue weighted by Crippen LogP contribution is 2.26. The van der Waals surface area contributed by atoms with E-state index in [9.17, 15) is 4.79 Å². The van der Waals surface area contributed by atoms with Crippen molar-refractivity contribution < 1.29 is 4.79 Å². The van der Waals surface area contributed by atoms with Crippen LogP contribution in [-0.2, 0) is 4.79 Å². The Morgan fingerprint density at radius 1 is 1.21 bits per heavy atom. The third-order valence-electron chi connectivity index (χ3n) is 2.63. The minimum atomic E-state index is -0.698. The lowest BCUT2D eigenvalue weighted by molar-refractivity contribution is -0.117. The largest absolute Gasteiger partial charge is 0.324 e. The van der Waals surface area contributed by atoms with Crippen molar-refractivity contribution in [1.29, 1.82) is 0 Å². The number of nitrogens with two attached hydrogens (primary N) is 1. The van der Waals surface area contributed by atoms with Crippen molar-refractivity contribution in [2.24, 2.45) is 5.73 Å². The number of carbonyl (C=O) groups excluding carboxylic acids is 1. The van der Waals surface area contributed by atoms with Crippen molar-refractivity contribution in [2.75, 3.05) is 5.32 Å². The number of hydrogen-bond donors (Lipinski definition) is 2. The van der Waals surface area contributed by atoms with Gasteiger partial charge in [0.15, 0.2) is 0 Å². The minimum absolute atomic E-state index is 0.263. The van der Waals surface area contributed by atoms with E-state index in [4.69, 9.17) is 17.3 Å². The summed E-state index contributed by atoms with van der Waals surface area (Å²) in [4.78, 5) is 12.0. The van der Waals surface area contributed by atoms with Gasteiger partial charge in [0, 0.05) is 10.2 Å². The fraction of sp³-hybridized carbons (Fsp3) is 0.0714. The Labute approximate surface area is 124 Å². The number of carbonyl (C=O) groups is 1. The number of benzene rings is 2. The Morgan fingerprint density at radius 2 is 1.89 bits per heavy atom. The molecule has 98 valence electrons. The zero-order chi connectivity index (χ0) is 13.8. The van der Waals surface area contributed by atoms with Crippen LogP contribution in [0.3, 0.4) is 0 Å². The van der Waals surface area contributed by atoms with Gasteiger partial charge in [0.25, 0.3) is 0 Å². The maximum atomic E-state index is 12.0. The number of amides is 1. The molecular formula is C14H12BrClN2O. The van der Waals surface area contributed by atoms with Crippen molar-refractivity contribution in [3.05, 3.63) is 63.6 Å². The van der Waals surface area contributed by atoms with Crippen LogP contribution in [0.5, 0.6) is 0 Å². The summed E-state index contributed by atoms with van der Waals surface area (Å²) in [6.45, 7) is 0. The maximum absolute atomic E-state index is 12.0. The average molecular weight is 340 g/mol. The molecule has 0 unspecified atom stereocenters. The molecule has 3 N–H and O–H groups in total. The van der Waals surface area contributed by atoms with Gasteiger partial charge >= 0.3 is 0 Å². The molecule has 0 heterocycles. The summed E-state index contributed by atoms with van der Waals surface area (Å²) in [5, 5.41) is 3.34. The topological polar surface area (TPSA) is 55.1 Å². The van der Waals surface area contributed by atoms with Crippen LogP contribution >= 0.6 is 27.5 Å². The molecule has 2 aromatic carbocycles. The van der Waals surface area contributed by atoms with Crippen LogP contribution in [0, 0.1) is 0 Å². The second kappa shape index (κ2) is 6.19. The first-order valence-corrected chi connectivity index (χ1v) is 6.81. The Hall–Kier alpha value is -1.36. The summed E-state index contributed by atoms with van der Waals surface area (Å²) in [5.74, 6) is -0.263. The number of nitrogens with one attached hydrogen (secondary N) is 1. The normalized spacial score (nSPS) is 11.9. The molecule has 0 aliphatic heterocycles. The summed E-state index contributed by atoms with van der Waals surface area (Å²) < 4.78 is 0.722. The van der Waals surface area contributed by atoms with Crippen LogP contribution in [0.4, 0.5) is 5.69 Å². The molecule has 0 aliphatic rings. The molecule has 0 fully saturated rings. The molecule has 0 aliphatic carbocycles. The van der Waals surface area contributed by atoms with Crippen molar-refractivity contribution in [1.82, 2.24) is 0 Å². The van der Waals surface area contributed by atoms with Crippen LogP contribution in [0.1, 0.15) is 11.6 Å². The molecule has 0 saturated carbocycles. The van der Waals surface area contributed by atoms with Crippen LogP contribution < -0.4 is 11.1 Å². The molecule has 3 nitrogen and oxygen atoms in total. The van der Waals surface area contributed by atoms with E-state index < -0.39 is 6.04 Å². The van der Waals surface area contributed by atoms with Gasteiger partial charge < -0.3 is 11.1 Å². The minimum Gasteiger partial charge on any atom is -0.324 e. The van der Waals surface area contributed by atoms with E-state index in [1.807, 2.05) is 30.3 Å². The van der Waals surface area contributed by atoms with Gasteiger partial charge in [-0.3, -0.25) is 4.79 Å². The van der Waals surface area contributed by atoms with Gasteiger partial charge in [0.1, 0.15) is 6.04 Å². The Balaban J connectivity index is 2.10. The summed E-state index contributed by atoms with van der Waals surface area (Å²) in [6, 6.07) is 13.7. The highest BCUT2D eigenvalue weighted by Gasteiger charge is 2.15. The monoisotopic (exact) mass is 338 g/mol. The van der Waals surface area contributed by atoms with Crippen LogP contribution in [0.15, 0.2) is 53.0 Å². The molecule has 0 saturated heterocycles. The van der Waals surface area contributed by atoms with Crippen LogP contribution in [-0.4, -0.2) is 5.91 Å². The number of hydrogen-bond acceptors (Lipinski definition) is 2. The van der Waals surface area contributed by atoms with Gasteiger partial charge in [-0.2, -0.15) is 0 Å². The lowest BCUT2D eigenvalue weighted by Crippen LogP contribution is -2.27. The molecule has 5 heteroatoms. The molecule has 1 atom stereocenters. The molecule has 1 amide bonds. The molecule has 0 bridgehead atoms. The zero-order valence-electron chi connectivity index (χ0n) is 9.94. The van der Waals surface area contributed by atoms with Crippen molar-refractivity contribution in [2.45, 2.75) is 6.04 Å². The molecule has 0 spiro atoms. The molecular weight excluding hydrogens is 328 g/mol. The van der Waals surface area contributed by atoms with Crippen molar-refractivity contribution >= 4 is 39.1 Å². The fourth-order valence-electron chi connectivity index (χ4n) is 1.61. The molecule has 2 rings (SSSR count). The first kappa shape index (κ1) is 14.1. The number of anilines is 1. The van der Waals surface area contributed by atoms with Gasteiger partial charge in [0.2, 0.25) is 5.91 Å². The Bertz CT molecular complexity index is 589. The van der Waals surface area contributed by atoms with E-state index in [0.29, 0.717) is 10.7 Å². The first-order chi connectivity index (χ1) is 9.08. The van der Waals surface area contributed by atoms with E-state index in [-0.39, 0.29) is 5.91 Å². The molecule has 0 radical (unpaired) electrons. The number of halogens is 2. The Kier molecular flexibility index (Phi) is 4.58. The second-order valence-corrected chi connectivity index (χ2v) is 5.27. The van der Waals surface area contributed by atoms with Crippen molar-refractivity contribution in [3.8, 4) is 0 Å². The highest BCUT2D eigenvalue weighted by atomic mass is 79.9. The molecule has 19 heavy (non-hydrogen) atoms. The second-order valence-electron chi connectivity index (χ2n) is 4.01. The van der Waals surface area contributed by atoms with Gasteiger partial charge in [-0.1, -0.05) is 41.9 Å². The molecule has 0 aromatic heterocycles. The third kappa shape index (κ3) is 3.56. The van der Waals surface area contributed by atoms with E-state index in [2.05, 4.69) is 21.2 Å². The van der Waals surface area contributed by atoms with E-state index in [1.54, 1.807) is 18.2 Å². The summed E-state index contributed by atoms with van der Waals surface area (Å²) in [5.41, 5.74) is 7.32.